The van der Waals surface area contributed by atoms with Gasteiger partial charge in [0.15, 0.2) is 5.75 Å². The van der Waals surface area contributed by atoms with Crippen LogP contribution >= 0.6 is 0 Å². The summed E-state index contributed by atoms with van der Waals surface area (Å²) >= 11 is 0. The molecule has 0 atom stereocenters. The molecular formula is C18H23N3O4. The number of hydrogen-bond acceptors (Lipinski definition) is 5. The van der Waals surface area contributed by atoms with Crippen molar-refractivity contribution in [3.05, 3.63) is 51.1 Å². The molecule has 2 aromatic rings. The first-order valence-electron chi connectivity index (χ1n) is 8.00. The van der Waals surface area contributed by atoms with Gasteiger partial charge in [-0.05, 0) is 32.9 Å². The summed E-state index contributed by atoms with van der Waals surface area (Å²) in [5.41, 5.74) is 1.99. The van der Waals surface area contributed by atoms with E-state index in [0.29, 0.717) is 29.3 Å². The summed E-state index contributed by atoms with van der Waals surface area (Å²) in [6.45, 7) is 5.98. The lowest BCUT2D eigenvalue weighted by Crippen LogP contribution is -2.30. The number of ether oxygens (including phenoxy) is 2. The van der Waals surface area contributed by atoms with E-state index in [4.69, 9.17) is 9.47 Å². The number of rotatable bonds is 6. The van der Waals surface area contributed by atoms with Crippen LogP contribution in [-0.4, -0.2) is 41.5 Å². The Hall–Kier alpha value is -2.83. The maximum absolute atomic E-state index is 12.8. The zero-order valence-corrected chi connectivity index (χ0v) is 15.2. The number of nitrogens with one attached hydrogen (secondary N) is 1. The third kappa shape index (κ3) is 3.99. The highest BCUT2D eigenvalue weighted by Crippen LogP contribution is 2.19. The number of nitrogens with zero attached hydrogens (tertiary/aromatic N) is 2. The van der Waals surface area contributed by atoms with Gasteiger partial charge in [-0.25, -0.2) is 4.98 Å². The number of amides is 1. The van der Waals surface area contributed by atoms with Crippen LogP contribution in [0, 0.1) is 13.8 Å². The van der Waals surface area contributed by atoms with Gasteiger partial charge >= 0.3 is 0 Å². The second kappa shape index (κ2) is 7.83. The molecule has 0 spiro atoms. The van der Waals surface area contributed by atoms with Gasteiger partial charge in [-0.15, -0.1) is 0 Å². The minimum absolute atomic E-state index is 0.143. The highest BCUT2D eigenvalue weighted by Gasteiger charge is 2.20. The third-order valence-electron chi connectivity index (χ3n) is 3.77. The second-order valence-corrected chi connectivity index (χ2v) is 5.70. The number of pyridine rings is 2. The summed E-state index contributed by atoms with van der Waals surface area (Å²) in [5, 5.41) is 0. The van der Waals surface area contributed by atoms with Crippen LogP contribution in [0.4, 0.5) is 0 Å². The lowest BCUT2D eigenvalue weighted by Gasteiger charge is -2.19. The molecule has 0 unspecified atom stereocenters. The number of hydrogen-bond donors (Lipinski definition) is 1. The van der Waals surface area contributed by atoms with E-state index in [1.165, 1.54) is 12.0 Å². The van der Waals surface area contributed by atoms with Crippen molar-refractivity contribution in [3.63, 3.8) is 0 Å². The highest BCUT2D eigenvalue weighted by atomic mass is 16.5. The van der Waals surface area contributed by atoms with Gasteiger partial charge in [-0.1, -0.05) is 0 Å². The number of carbonyl (C=O) groups excluding carboxylic acids is 1. The van der Waals surface area contributed by atoms with Crippen LogP contribution in [0.5, 0.6) is 11.6 Å². The smallest absolute Gasteiger partial charge is 0.259 e. The summed E-state index contributed by atoms with van der Waals surface area (Å²) in [6, 6.07) is 3.44. The van der Waals surface area contributed by atoms with Crippen molar-refractivity contribution in [1.82, 2.24) is 14.9 Å². The number of carbonyl (C=O) groups is 1. The Bertz CT molecular complexity index is 830. The van der Waals surface area contributed by atoms with E-state index in [-0.39, 0.29) is 23.6 Å². The molecule has 7 nitrogen and oxygen atoms in total. The van der Waals surface area contributed by atoms with Gasteiger partial charge in [0.1, 0.15) is 5.56 Å². The van der Waals surface area contributed by atoms with Crippen molar-refractivity contribution in [2.45, 2.75) is 27.3 Å². The van der Waals surface area contributed by atoms with E-state index in [1.807, 2.05) is 13.8 Å². The fourth-order valence-electron chi connectivity index (χ4n) is 2.48. The normalized spacial score (nSPS) is 10.4. The maximum Gasteiger partial charge on any atom is 0.259 e. The van der Waals surface area contributed by atoms with E-state index in [9.17, 15) is 9.59 Å². The van der Waals surface area contributed by atoms with Gasteiger partial charge in [0.2, 0.25) is 11.3 Å². The monoisotopic (exact) mass is 345 g/mol. The van der Waals surface area contributed by atoms with Crippen LogP contribution in [0.2, 0.25) is 0 Å². The molecule has 1 N–H and O–H groups in total. The quantitative estimate of drug-likeness (QED) is 0.866. The third-order valence-corrected chi connectivity index (χ3v) is 3.77. The molecule has 0 saturated heterocycles. The Balaban J connectivity index is 2.29. The molecule has 2 heterocycles. The molecule has 0 radical (unpaired) electrons. The zero-order valence-electron chi connectivity index (χ0n) is 15.2. The minimum Gasteiger partial charge on any atom is -0.491 e. The average Bonchev–Trinajstić information content (AvgIpc) is 2.58. The Morgan fingerprint density at radius 2 is 2.04 bits per heavy atom. The largest absolute Gasteiger partial charge is 0.491 e. The number of methoxy groups -OCH3 is 1. The molecule has 2 rings (SSSR count). The molecular weight excluding hydrogens is 322 g/mol. The van der Waals surface area contributed by atoms with Crippen molar-refractivity contribution in [2.75, 3.05) is 20.8 Å². The molecule has 0 aliphatic heterocycles. The molecule has 0 bridgehead atoms. The van der Waals surface area contributed by atoms with Crippen molar-refractivity contribution >= 4 is 5.91 Å². The summed E-state index contributed by atoms with van der Waals surface area (Å²) in [4.78, 5) is 33.9. The fourth-order valence-corrected chi connectivity index (χ4v) is 2.48. The topological polar surface area (TPSA) is 84.5 Å². The van der Waals surface area contributed by atoms with Gasteiger partial charge in [0.05, 0.1) is 26.0 Å². The Labute approximate surface area is 146 Å². The molecule has 2 aromatic heterocycles. The molecule has 134 valence electrons. The number of aromatic nitrogens is 2. The SMILES string of the molecule is CCOc1nc(C)ccc1C(=O)N(C)Cc1c[nH]c(C)c(OC)c1=O. The number of aromatic amines is 1. The van der Waals surface area contributed by atoms with Gasteiger partial charge in [-0.2, -0.15) is 0 Å². The van der Waals surface area contributed by atoms with Crippen LogP contribution < -0.4 is 14.9 Å². The molecule has 0 saturated carbocycles. The molecule has 0 aromatic carbocycles. The van der Waals surface area contributed by atoms with Gasteiger partial charge < -0.3 is 19.4 Å². The maximum atomic E-state index is 12.8. The van der Waals surface area contributed by atoms with E-state index < -0.39 is 0 Å². The van der Waals surface area contributed by atoms with Gasteiger partial charge in [0.25, 0.3) is 5.91 Å². The lowest BCUT2D eigenvalue weighted by molar-refractivity contribution is 0.0779. The van der Waals surface area contributed by atoms with E-state index in [2.05, 4.69) is 9.97 Å². The molecule has 0 aliphatic carbocycles. The predicted octanol–water partition coefficient (Wildman–Crippen LogP) is 2.07. The van der Waals surface area contributed by atoms with Crippen LogP contribution in [0.25, 0.3) is 0 Å². The minimum atomic E-state index is -0.269. The van der Waals surface area contributed by atoms with E-state index >= 15 is 0 Å². The predicted molar refractivity (Wildman–Crippen MR) is 94.3 cm³/mol. The van der Waals surface area contributed by atoms with Crippen molar-refractivity contribution in [3.8, 4) is 11.6 Å². The average molecular weight is 345 g/mol. The molecule has 7 heteroatoms. The first-order chi connectivity index (χ1) is 11.9. The Morgan fingerprint density at radius 1 is 1.32 bits per heavy atom. The Kier molecular flexibility index (Phi) is 5.80. The summed E-state index contributed by atoms with van der Waals surface area (Å²) in [7, 11) is 3.08. The van der Waals surface area contributed by atoms with Gasteiger partial charge in [0, 0.05) is 24.5 Å². The second-order valence-electron chi connectivity index (χ2n) is 5.70. The molecule has 0 fully saturated rings. The summed E-state index contributed by atoms with van der Waals surface area (Å²) in [5.74, 6) is 0.287. The fraction of sp³-hybridized carbons (Fsp3) is 0.389. The summed E-state index contributed by atoms with van der Waals surface area (Å²) < 4.78 is 10.6. The summed E-state index contributed by atoms with van der Waals surface area (Å²) in [6.07, 6.45) is 1.60. The van der Waals surface area contributed by atoms with Crippen LogP contribution in [0.1, 0.15) is 34.2 Å². The number of H-pyrrole nitrogens is 1. The molecule has 1 amide bonds. The van der Waals surface area contributed by atoms with Crippen molar-refractivity contribution < 1.29 is 14.3 Å². The highest BCUT2D eigenvalue weighted by molar-refractivity contribution is 5.96. The lowest BCUT2D eigenvalue weighted by atomic mass is 10.2. The zero-order chi connectivity index (χ0) is 18.6. The molecule has 25 heavy (non-hydrogen) atoms. The van der Waals surface area contributed by atoms with Crippen molar-refractivity contribution in [1.29, 1.82) is 0 Å². The van der Waals surface area contributed by atoms with Gasteiger partial charge in [-0.3, -0.25) is 9.59 Å². The van der Waals surface area contributed by atoms with E-state index in [0.717, 1.165) is 5.69 Å². The molecule has 0 aliphatic rings. The van der Waals surface area contributed by atoms with Crippen LogP contribution in [0.3, 0.4) is 0 Å². The van der Waals surface area contributed by atoms with E-state index in [1.54, 1.807) is 32.3 Å². The van der Waals surface area contributed by atoms with Crippen LogP contribution in [-0.2, 0) is 6.54 Å². The Morgan fingerprint density at radius 3 is 2.68 bits per heavy atom. The van der Waals surface area contributed by atoms with Crippen LogP contribution in [0.15, 0.2) is 23.1 Å². The first-order valence-corrected chi connectivity index (χ1v) is 8.00. The van der Waals surface area contributed by atoms with Crippen molar-refractivity contribution in [2.24, 2.45) is 0 Å². The standard InChI is InChI=1S/C18H23N3O4/c1-6-25-17-14(8-7-11(2)20-17)18(23)21(4)10-13-9-19-12(3)16(24-5)15(13)22/h7-9H,6,10H2,1-5H3,(H,19,22). The number of aryl methyl sites for hydroxylation is 2. The first kappa shape index (κ1) is 18.5.